The van der Waals surface area contributed by atoms with Crippen molar-refractivity contribution < 1.29 is 14.7 Å². The maximum atomic E-state index is 11.3. The molecule has 0 bridgehead atoms. The number of aromatic hydroxyl groups is 1. The fraction of sp³-hybridized carbons (Fsp3) is 0.333. The summed E-state index contributed by atoms with van der Waals surface area (Å²) < 4.78 is 0. The summed E-state index contributed by atoms with van der Waals surface area (Å²) in [5, 5.41) is 11.6. The maximum absolute atomic E-state index is 11.3. The summed E-state index contributed by atoms with van der Waals surface area (Å²) in [4.78, 5) is 22.2. The Morgan fingerprint density at radius 1 is 1.47 bits per heavy atom. The summed E-state index contributed by atoms with van der Waals surface area (Å²) in [5.41, 5.74) is 6.24. The summed E-state index contributed by atoms with van der Waals surface area (Å²) in [7, 11) is 0. The van der Waals surface area contributed by atoms with E-state index in [4.69, 9.17) is 10.8 Å². The Morgan fingerprint density at radius 3 is 2.53 bits per heavy atom. The van der Waals surface area contributed by atoms with Gasteiger partial charge in [-0.05, 0) is 31.0 Å². The molecule has 0 unspecified atom stereocenters. The largest absolute Gasteiger partial charge is 0.508 e. The molecule has 17 heavy (non-hydrogen) atoms. The molecule has 0 heterocycles. The normalized spacial score (nSPS) is 13.8. The number of carbonyl (C=O) groups excluding carboxylic acids is 2. The Balaban J connectivity index is 2.61. The minimum atomic E-state index is -0.641. The number of rotatable bonds is 5. The van der Waals surface area contributed by atoms with Gasteiger partial charge in [-0.25, -0.2) is 0 Å². The van der Waals surface area contributed by atoms with Gasteiger partial charge in [-0.15, -0.1) is 0 Å². The van der Waals surface area contributed by atoms with Gasteiger partial charge in [0.25, 0.3) is 0 Å². The van der Waals surface area contributed by atoms with Gasteiger partial charge in [0.15, 0.2) is 0 Å². The van der Waals surface area contributed by atoms with E-state index in [1.165, 1.54) is 12.1 Å². The van der Waals surface area contributed by atoms with Gasteiger partial charge in [-0.1, -0.05) is 12.1 Å². The fourth-order valence-electron chi connectivity index (χ4n) is 1.33. The second kappa shape index (κ2) is 6.00. The monoisotopic (exact) mass is 236 g/mol. The van der Waals surface area contributed by atoms with Crippen LogP contribution in [0.25, 0.3) is 0 Å². The van der Waals surface area contributed by atoms with Gasteiger partial charge >= 0.3 is 0 Å². The lowest BCUT2D eigenvalue weighted by Crippen LogP contribution is -2.45. The average Bonchev–Trinajstić information content (AvgIpc) is 2.30. The topological polar surface area (TPSA) is 92.4 Å². The molecule has 5 nitrogen and oxygen atoms in total. The molecule has 2 atom stereocenters. The highest BCUT2D eigenvalue weighted by Crippen LogP contribution is 2.10. The smallest absolute Gasteiger partial charge is 0.237 e. The Hall–Kier alpha value is -1.88. The summed E-state index contributed by atoms with van der Waals surface area (Å²) in [6.07, 6.45) is 1.05. The van der Waals surface area contributed by atoms with Crippen molar-refractivity contribution in [3.05, 3.63) is 29.8 Å². The van der Waals surface area contributed by atoms with E-state index in [9.17, 15) is 9.59 Å². The molecular formula is C12H16N2O3. The fourth-order valence-corrected chi connectivity index (χ4v) is 1.33. The first-order chi connectivity index (χ1) is 8.02. The second-order valence-electron chi connectivity index (χ2n) is 3.91. The van der Waals surface area contributed by atoms with Crippen molar-refractivity contribution >= 4 is 12.2 Å². The molecule has 0 aromatic heterocycles. The summed E-state index contributed by atoms with van der Waals surface area (Å²) in [6, 6.07) is 5.22. The molecule has 0 saturated heterocycles. The van der Waals surface area contributed by atoms with Crippen LogP contribution in [0.2, 0.25) is 0 Å². The van der Waals surface area contributed by atoms with E-state index in [2.05, 4.69) is 5.32 Å². The molecule has 0 aliphatic heterocycles. The lowest BCUT2D eigenvalue weighted by molar-refractivity contribution is -0.124. The molecule has 0 aliphatic carbocycles. The standard InChI is InChI=1S/C12H16N2O3/c1-8(13)12(17)14-10(7-15)6-9-2-4-11(16)5-3-9/h2-5,7-8,10,16H,6,13H2,1H3,(H,14,17)/t8-,10-/m0/s1. The van der Waals surface area contributed by atoms with Gasteiger partial charge in [0.2, 0.25) is 5.91 Å². The third kappa shape index (κ3) is 4.24. The van der Waals surface area contributed by atoms with Crippen LogP contribution in [0.1, 0.15) is 12.5 Å². The third-order valence-electron chi connectivity index (χ3n) is 2.30. The van der Waals surface area contributed by atoms with E-state index in [1.807, 2.05) is 0 Å². The summed E-state index contributed by atoms with van der Waals surface area (Å²) in [5.74, 6) is -0.197. The zero-order chi connectivity index (χ0) is 12.8. The SMILES string of the molecule is C[C@H](N)C(=O)N[C@H](C=O)Cc1ccc(O)cc1. The van der Waals surface area contributed by atoms with Crippen LogP contribution in [0.3, 0.4) is 0 Å². The minimum absolute atomic E-state index is 0.163. The van der Waals surface area contributed by atoms with Crippen molar-refractivity contribution in [1.82, 2.24) is 5.32 Å². The van der Waals surface area contributed by atoms with Crippen LogP contribution in [0.15, 0.2) is 24.3 Å². The van der Waals surface area contributed by atoms with Crippen LogP contribution >= 0.6 is 0 Å². The van der Waals surface area contributed by atoms with Crippen molar-refractivity contribution in [1.29, 1.82) is 0 Å². The molecule has 0 saturated carbocycles. The van der Waals surface area contributed by atoms with Crippen molar-refractivity contribution in [3.63, 3.8) is 0 Å². The first-order valence-corrected chi connectivity index (χ1v) is 5.32. The number of phenols is 1. The Labute approximate surface area is 99.6 Å². The molecule has 92 valence electrons. The number of nitrogens with two attached hydrogens (primary N) is 1. The highest BCUT2D eigenvalue weighted by molar-refractivity contribution is 5.83. The number of hydrogen-bond donors (Lipinski definition) is 3. The quantitative estimate of drug-likeness (QED) is 0.626. The highest BCUT2D eigenvalue weighted by Gasteiger charge is 2.14. The number of amides is 1. The zero-order valence-corrected chi connectivity index (χ0v) is 9.59. The van der Waals surface area contributed by atoms with Crippen LogP contribution in [-0.4, -0.2) is 29.4 Å². The number of aldehydes is 1. The predicted octanol–water partition coefficient (Wildman–Crippen LogP) is -0.0344. The van der Waals surface area contributed by atoms with Crippen molar-refractivity contribution in [3.8, 4) is 5.75 Å². The predicted molar refractivity (Wildman–Crippen MR) is 63.5 cm³/mol. The molecule has 1 aromatic rings. The van der Waals surface area contributed by atoms with Crippen LogP contribution in [0.5, 0.6) is 5.75 Å². The van der Waals surface area contributed by atoms with E-state index in [-0.39, 0.29) is 11.7 Å². The van der Waals surface area contributed by atoms with Gasteiger partial charge in [0, 0.05) is 0 Å². The molecule has 1 amide bonds. The Kier molecular flexibility index (Phi) is 4.66. The van der Waals surface area contributed by atoms with Crippen LogP contribution in [0.4, 0.5) is 0 Å². The first-order valence-electron chi connectivity index (χ1n) is 5.32. The molecular weight excluding hydrogens is 220 g/mol. The van der Waals surface area contributed by atoms with E-state index in [0.717, 1.165) is 5.56 Å². The summed E-state index contributed by atoms with van der Waals surface area (Å²) >= 11 is 0. The molecule has 0 aliphatic rings. The van der Waals surface area contributed by atoms with E-state index in [1.54, 1.807) is 19.1 Å². The number of phenolic OH excluding ortho intramolecular Hbond substituents is 1. The van der Waals surface area contributed by atoms with Crippen LogP contribution < -0.4 is 11.1 Å². The van der Waals surface area contributed by atoms with E-state index >= 15 is 0 Å². The molecule has 0 spiro atoms. The van der Waals surface area contributed by atoms with Crippen LogP contribution in [-0.2, 0) is 16.0 Å². The second-order valence-corrected chi connectivity index (χ2v) is 3.91. The molecule has 1 aromatic carbocycles. The van der Waals surface area contributed by atoms with Crippen molar-refractivity contribution in [2.24, 2.45) is 5.73 Å². The van der Waals surface area contributed by atoms with Gasteiger partial charge in [0.1, 0.15) is 12.0 Å². The van der Waals surface area contributed by atoms with Gasteiger partial charge in [-0.3, -0.25) is 4.79 Å². The summed E-state index contributed by atoms with van der Waals surface area (Å²) in [6.45, 7) is 1.55. The van der Waals surface area contributed by atoms with E-state index in [0.29, 0.717) is 12.7 Å². The highest BCUT2D eigenvalue weighted by atomic mass is 16.3. The Morgan fingerprint density at radius 2 is 2.06 bits per heavy atom. The van der Waals surface area contributed by atoms with Crippen molar-refractivity contribution in [2.45, 2.75) is 25.4 Å². The van der Waals surface area contributed by atoms with Crippen LogP contribution in [0, 0.1) is 0 Å². The Bertz CT molecular complexity index is 387. The molecule has 1 rings (SSSR count). The third-order valence-corrected chi connectivity index (χ3v) is 2.30. The minimum Gasteiger partial charge on any atom is -0.508 e. The van der Waals surface area contributed by atoms with Gasteiger partial charge < -0.3 is 21.0 Å². The van der Waals surface area contributed by atoms with E-state index < -0.39 is 12.1 Å². The van der Waals surface area contributed by atoms with Gasteiger partial charge in [-0.2, -0.15) is 0 Å². The number of hydrogen-bond acceptors (Lipinski definition) is 4. The maximum Gasteiger partial charge on any atom is 0.237 e. The van der Waals surface area contributed by atoms with Gasteiger partial charge in [0.05, 0.1) is 12.1 Å². The van der Waals surface area contributed by atoms with Crippen molar-refractivity contribution in [2.75, 3.05) is 0 Å². The molecule has 0 fully saturated rings. The first kappa shape index (κ1) is 13.2. The number of benzene rings is 1. The molecule has 5 heteroatoms. The number of nitrogens with one attached hydrogen (secondary N) is 1. The zero-order valence-electron chi connectivity index (χ0n) is 9.59. The molecule has 0 radical (unpaired) electrons. The molecule has 4 N–H and O–H groups in total. The average molecular weight is 236 g/mol. The lowest BCUT2D eigenvalue weighted by Gasteiger charge is -2.14. The number of carbonyl (C=O) groups is 2. The lowest BCUT2D eigenvalue weighted by atomic mass is 10.1.